The van der Waals surface area contributed by atoms with Crippen LogP contribution < -0.4 is 16.8 Å². The first-order chi connectivity index (χ1) is 10.3. The third-order valence-corrected chi connectivity index (χ3v) is 3.69. The number of aromatic nitrogens is 3. The number of nitrogen functional groups attached to an aromatic ring is 2. The lowest BCUT2D eigenvalue weighted by Gasteiger charge is -2.12. The first kappa shape index (κ1) is 16.2. The average Bonchev–Trinajstić information content (AvgIpc) is 2.40. The van der Waals surface area contributed by atoms with E-state index < -0.39 is 17.0 Å². The van der Waals surface area contributed by atoms with E-state index in [2.05, 4.69) is 20.3 Å². The zero-order valence-corrected chi connectivity index (χ0v) is 13.0. The van der Waals surface area contributed by atoms with Gasteiger partial charge in [0.15, 0.2) is 5.16 Å². The van der Waals surface area contributed by atoms with Crippen LogP contribution in [-0.4, -0.2) is 26.1 Å². The van der Waals surface area contributed by atoms with Gasteiger partial charge in [-0.2, -0.15) is 15.0 Å². The van der Waals surface area contributed by atoms with Crippen molar-refractivity contribution < 1.29 is 9.18 Å². The molecule has 116 valence electrons. The fourth-order valence-corrected chi connectivity index (χ4v) is 2.41. The molecule has 0 fully saturated rings. The number of hydrogen-bond donors (Lipinski definition) is 3. The molecular formula is C12H12ClFN6OS. The maximum Gasteiger partial charge on any atom is 0.237 e. The normalized spacial score (nSPS) is 12.0. The van der Waals surface area contributed by atoms with Gasteiger partial charge in [0.1, 0.15) is 5.82 Å². The Morgan fingerprint density at radius 3 is 2.55 bits per heavy atom. The lowest BCUT2D eigenvalue weighted by molar-refractivity contribution is -0.115. The SMILES string of the molecule is C[C@@H](Sc1nc(N)nc(N)n1)C(=O)Nc1ccc(Cl)cc1F. The minimum Gasteiger partial charge on any atom is -0.368 e. The highest BCUT2D eigenvalue weighted by atomic mass is 35.5. The number of nitrogens with zero attached hydrogens (tertiary/aromatic N) is 3. The minimum atomic E-state index is -0.619. The highest BCUT2D eigenvalue weighted by Crippen LogP contribution is 2.23. The van der Waals surface area contributed by atoms with Crippen LogP contribution in [0, 0.1) is 5.82 Å². The van der Waals surface area contributed by atoms with Gasteiger partial charge in [0.2, 0.25) is 17.8 Å². The third-order valence-electron chi connectivity index (χ3n) is 2.49. The van der Waals surface area contributed by atoms with Gasteiger partial charge in [-0.15, -0.1) is 0 Å². The molecule has 1 heterocycles. The molecule has 2 rings (SSSR count). The van der Waals surface area contributed by atoms with E-state index >= 15 is 0 Å². The summed E-state index contributed by atoms with van der Waals surface area (Å²) in [5, 5.41) is 2.32. The number of rotatable bonds is 4. The van der Waals surface area contributed by atoms with Crippen LogP contribution in [0.5, 0.6) is 0 Å². The molecule has 7 nitrogen and oxygen atoms in total. The van der Waals surface area contributed by atoms with Crippen molar-refractivity contribution in [1.82, 2.24) is 15.0 Å². The average molecular weight is 343 g/mol. The lowest BCUT2D eigenvalue weighted by atomic mass is 10.3. The van der Waals surface area contributed by atoms with Crippen molar-refractivity contribution in [2.75, 3.05) is 16.8 Å². The summed E-state index contributed by atoms with van der Waals surface area (Å²) in [6, 6.07) is 3.97. The number of amides is 1. The summed E-state index contributed by atoms with van der Waals surface area (Å²) in [6.45, 7) is 1.62. The minimum absolute atomic E-state index is 0.0358. The van der Waals surface area contributed by atoms with E-state index in [4.69, 9.17) is 23.1 Å². The fraction of sp³-hybridized carbons (Fsp3) is 0.167. The van der Waals surface area contributed by atoms with Gasteiger partial charge in [0.05, 0.1) is 10.9 Å². The summed E-state index contributed by atoms with van der Waals surface area (Å²) in [4.78, 5) is 23.4. The molecule has 0 spiro atoms. The molecule has 0 aliphatic heterocycles. The number of carbonyl (C=O) groups is 1. The Balaban J connectivity index is 2.05. The number of nitrogens with one attached hydrogen (secondary N) is 1. The summed E-state index contributed by atoms with van der Waals surface area (Å²) in [5.41, 5.74) is 10.9. The van der Waals surface area contributed by atoms with Crippen LogP contribution in [-0.2, 0) is 4.79 Å². The van der Waals surface area contributed by atoms with Gasteiger partial charge in [-0.1, -0.05) is 23.4 Å². The maximum atomic E-state index is 13.6. The van der Waals surface area contributed by atoms with E-state index in [1.807, 2.05) is 0 Å². The Labute approximate surface area is 134 Å². The fourth-order valence-electron chi connectivity index (χ4n) is 1.48. The molecular weight excluding hydrogens is 331 g/mol. The maximum absolute atomic E-state index is 13.6. The highest BCUT2D eigenvalue weighted by molar-refractivity contribution is 8.00. The molecule has 5 N–H and O–H groups in total. The van der Waals surface area contributed by atoms with Gasteiger partial charge in [0.25, 0.3) is 0 Å². The number of hydrogen-bond acceptors (Lipinski definition) is 7. The van der Waals surface area contributed by atoms with Crippen LogP contribution >= 0.6 is 23.4 Å². The number of benzene rings is 1. The summed E-state index contributed by atoms with van der Waals surface area (Å²) in [5.74, 6) is -1.12. The first-order valence-electron chi connectivity index (χ1n) is 6.04. The van der Waals surface area contributed by atoms with Gasteiger partial charge in [-0.3, -0.25) is 4.79 Å². The Kier molecular flexibility index (Phi) is 4.99. The van der Waals surface area contributed by atoms with Crippen molar-refractivity contribution in [3.63, 3.8) is 0 Å². The summed E-state index contributed by atoms with van der Waals surface area (Å²) < 4.78 is 13.6. The van der Waals surface area contributed by atoms with Crippen molar-refractivity contribution in [2.24, 2.45) is 0 Å². The Morgan fingerprint density at radius 2 is 1.95 bits per heavy atom. The number of nitrogens with two attached hydrogens (primary N) is 2. The van der Waals surface area contributed by atoms with Crippen molar-refractivity contribution in [3.05, 3.63) is 29.0 Å². The van der Waals surface area contributed by atoms with Crippen LogP contribution in [0.25, 0.3) is 0 Å². The molecule has 0 aliphatic carbocycles. The van der Waals surface area contributed by atoms with E-state index in [1.165, 1.54) is 12.1 Å². The van der Waals surface area contributed by atoms with Gasteiger partial charge >= 0.3 is 0 Å². The van der Waals surface area contributed by atoms with Crippen molar-refractivity contribution in [2.45, 2.75) is 17.3 Å². The van der Waals surface area contributed by atoms with E-state index in [9.17, 15) is 9.18 Å². The standard InChI is InChI=1S/C12H12ClFN6OS/c1-5(22-12-19-10(15)18-11(16)20-12)9(21)17-8-3-2-6(13)4-7(8)14/h2-5H,1H3,(H,17,21)(H4,15,16,18,19,20)/t5-/m1/s1. The molecule has 1 atom stereocenters. The summed E-state index contributed by atoms with van der Waals surface area (Å²) in [7, 11) is 0. The molecule has 1 aromatic carbocycles. The second kappa shape index (κ2) is 6.75. The molecule has 10 heteroatoms. The molecule has 0 unspecified atom stereocenters. The van der Waals surface area contributed by atoms with Crippen LogP contribution in [0.2, 0.25) is 5.02 Å². The summed E-state index contributed by atoms with van der Waals surface area (Å²) in [6.07, 6.45) is 0. The Morgan fingerprint density at radius 1 is 1.32 bits per heavy atom. The number of carbonyl (C=O) groups excluding carboxylic acids is 1. The topological polar surface area (TPSA) is 120 Å². The number of thioether (sulfide) groups is 1. The number of halogens is 2. The number of anilines is 3. The van der Waals surface area contributed by atoms with E-state index in [0.29, 0.717) is 0 Å². The van der Waals surface area contributed by atoms with Crippen LogP contribution in [0.15, 0.2) is 23.4 Å². The molecule has 1 aromatic heterocycles. The van der Waals surface area contributed by atoms with Crippen molar-refractivity contribution in [1.29, 1.82) is 0 Å². The highest BCUT2D eigenvalue weighted by Gasteiger charge is 2.18. The first-order valence-corrected chi connectivity index (χ1v) is 7.30. The zero-order chi connectivity index (χ0) is 16.3. The molecule has 0 saturated carbocycles. The van der Waals surface area contributed by atoms with Gasteiger partial charge in [0, 0.05) is 5.02 Å². The molecule has 0 aliphatic rings. The molecule has 0 radical (unpaired) electrons. The largest absolute Gasteiger partial charge is 0.368 e. The Hall–Kier alpha value is -2.13. The third kappa shape index (κ3) is 4.18. The van der Waals surface area contributed by atoms with Gasteiger partial charge in [-0.05, 0) is 25.1 Å². The van der Waals surface area contributed by atoms with E-state index in [0.717, 1.165) is 17.8 Å². The zero-order valence-electron chi connectivity index (χ0n) is 11.4. The van der Waals surface area contributed by atoms with E-state index in [-0.39, 0.29) is 27.8 Å². The Bertz CT molecular complexity index is 696. The second-order valence-electron chi connectivity index (χ2n) is 4.21. The molecule has 2 aromatic rings. The van der Waals surface area contributed by atoms with Crippen molar-refractivity contribution in [3.8, 4) is 0 Å². The predicted molar refractivity (Wildman–Crippen MR) is 84.0 cm³/mol. The van der Waals surface area contributed by atoms with Crippen LogP contribution in [0.4, 0.5) is 22.0 Å². The molecule has 22 heavy (non-hydrogen) atoms. The smallest absolute Gasteiger partial charge is 0.237 e. The molecule has 1 amide bonds. The molecule has 0 saturated heterocycles. The van der Waals surface area contributed by atoms with Crippen molar-refractivity contribution >= 4 is 46.9 Å². The predicted octanol–water partition coefficient (Wildman–Crippen LogP) is 1.95. The van der Waals surface area contributed by atoms with Crippen LogP contribution in [0.3, 0.4) is 0 Å². The molecule has 0 bridgehead atoms. The van der Waals surface area contributed by atoms with Crippen LogP contribution in [0.1, 0.15) is 6.92 Å². The van der Waals surface area contributed by atoms with Gasteiger partial charge in [-0.25, -0.2) is 4.39 Å². The van der Waals surface area contributed by atoms with Gasteiger partial charge < -0.3 is 16.8 Å². The lowest BCUT2D eigenvalue weighted by Crippen LogP contribution is -2.23. The monoisotopic (exact) mass is 342 g/mol. The summed E-state index contributed by atoms with van der Waals surface area (Å²) >= 11 is 6.68. The van der Waals surface area contributed by atoms with E-state index in [1.54, 1.807) is 6.92 Å². The quantitative estimate of drug-likeness (QED) is 0.726. The second-order valence-corrected chi connectivity index (χ2v) is 5.95.